The Labute approximate surface area is 66.2 Å². The minimum atomic E-state index is -0.363. The second-order valence-corrected chi connectivity index (χ2v) is 8.13. The van der Waals surface area contributed by atoms with E-state index in [9.17, 15) is 0 Å². The molecule has 10 heavy (non-hydrogen) atoms. The highest BCUT2D eigenvalue weighted by Gasteiger charge is 2.30. The molecule has 0 rings (SSSR count). The van der Waals surface area contributed by atoms with Crippen molar-refractivity contribution in [1.82, 2.24) is 0 Å². The minimum Gasteiger partial charge on any atom is -0.309 e. The van der Waals surface area contributed by atoms with Gasteiger partial charge in [0.05, 0.1) is 0 Å². The fraction of sp³-hybridized carbons (Fsp3) is 1.00. The Bertz CT molecular complexity index is 93.4. The Kier molecular flexibility index (Phi) is 2.90. The first kappa shape index (κ1) is 10.4. The van der Waals surface area contributed by atoms with Crippen molar-refractivity contribution in [2.24, 2.45) is 5.50 Å². The molecular formula is C8H20NP. The van der Waals surface area contributed by atoms with Gasteiger partial charge in [0.1, 0.15) is 0 Å². The average molecular weight is 161 g/mol. The third kappa shape index (κ3) is 2.98. The lowest BCUT2D eigenvalue weighted by Crippen LogP contribution is -2.29. The molecule has 0 bridgehead atoms. The molecule has 0 spiro atoms. The molecule has 0 unspecified atom stereocenters. The smallest absolute Gasteiger partial charge is 0.00461 e. The second kappa shape index (κ2) is 2.79. The van der Waals surface area contributed by atoms with Crippen molar-refractivity contribution in [3.8, 4) is 0 Å². The number of hydrogen-bond donors (Lipinski definition) is 1. The molecule has 2 heteroatoms. The van der Waals surface area contributed by atoms with Crippen LogP contribution in [0.25, 0.3) is 0 Å². The normalized spacial score (nSPS) is 14.4. The van der Waals surface area contributed by atoms with Crippen LogP contribution in [-0.4, -0.2) is 10.3 Å². The quantitative estimate of drug-likeness (QED) is 0.543. The summed E-state index contributed by atoms with van der Waals surface area (Å²) >= 11 is 0. The van der Waals surface area contributed by atoms with E-state index in [2.05, 4.69) is 41.5 Å². The maximum absolute atomic E-state index is 6.09. The molecule has 0 aliphatic heterocycles. The molecule has 0 saturated heterocycles. The van der Waals surface area contributed by atoms with Crippen molar-refractivity contribution in [3.63, 3.8) is 0 Å². The SMILES string of the molecule is CC(C)(C)P(N)C(C)(C)C. The van der Waals surface area contributed by atoms with E-state index in [4.69, 9.17) is 5.50 Å². The highest BCUT2D eigenvalue weighted by Crippen LogP contribution is 2.52. The lowest BCUT2D eigenvalue weighted by atomic mass is 10.2. The molecule has 0 aromatic carbocycles. The van der Waals surface area contributed by atoms with Crippen molar-refractivity contribution < 1.29 is 0 Å². The van der Waals surface area contributed by atoms with Crippen LogP contribution in [0.3, 0.4) is 0 Å². The molecule has 0 amide bonds. The van der Waals surface area contributed by atoms with E-state index in [1.165, 1.54) is 0 Å². The summed E-state index contributed by atoms with van der Waals surface area (Å²) in [6.07, 6.45) is 0. The van der Waals surface area contributed by atoms with Gasteiger partial charge in [-0.1, -0.05) is 41.5 Å². The molecule has 0 radical (unpaired) electrons. The summed E-state index contributed by atoms with van der Waals surface area (Å²) in [5.74, 6) is 0. The minimum absolute atomic E-state index is 0.285. The van der Waals surface area contributed by atoms with Gasteiger partial charge in [-0.25, -0.2) is 0 Å². The molecule has 0 atom stereocenters. The molecule has 1 nitrogen and oxygen atoms in total. The van der Waals surface area contributed by atoms with Crippen LogP contribution < -0.4 is 5.50 Å². The molecule has 0 aliphatic carbocycles. The maximum atomic E-state index is 6.09. The van der Waals surface area contributed by atoms with Crippen LogP contribution in [0.4, 0.5) is 0 Å². The van der Waals surface area contributed by atoms with Crippen molar-refractivity contribution in [2.45, 2.75) is 51.9 Å². The summed E-state index contributed by atoms with van der Waals surface area (Å²) in [5, 5.41) is 0.571. The fourth-order valence-corrected chi connectivity index (χ4v) is 3.02. The van der Waals surface area contributed by atoms with E-state index in [0.717, 1.165) is 0 Å². The van der Waals surface area contributed by atoms with Gasteiger partial charge >= 0.3 is 0 Å². The van der Waals surface area contributed by atoms with Gasteiger partial charge in [-0.05, 0) is 18.4 Å². The van der Waals surface area contributed by atoms with Crippen molar-refractivity contribution in [3.05, 3.63) is 0 Å². The Morgan fingerprint density at radius 1 is 0.800 bits per heavy atom. The van der Waals surface area contributed by atoms with Crippen LogP contribution in [0.1, 0.15) is 41.5 Å². The lowest BCUT2D eigenvalue weighted by Gasteiger charge is -2.37. The zero-order chi connectivity index (χ0) is 8.58. The summed E-state index contributed by atoms with van der Waals surface area (Å²) in [6, 6.07) is 0. The second-order valence-electron chi connectivity index (χ2n) is 4.71. The molecule has 0 aromatic heterocycles. The third-order valence-corrected chi connectivity index (χ3v) is 4.34. The topological polar surface area (TPSA) is 26.0 Å². The first-order valence-electron chi connectivity index (χ1n) is 3.71. The molecule has 0 fully saturated rings. The Hall–Kier alpha value is 0.390. The predicted octanol–water partition coefficient (Wildman–Crippen LogP) is 2.94. The van der Waals surface area contributed by atoms with Crippen LogP contribution in [0.5, 0.6) is 0 Å². The van der Waals surface area contributed by atoms with Gasteiger partial charge in [-0.15, -0.1) is 0 Å². The third-order valence-electron chi connectivity index (χ3n) is 1.45. The summed E-state index contributed by atoms with van der Waals surface area (Å²) < 4.78 is 0. The largest absolute Gasteiger partial charge is 0.309 e. The predicted molar refractivity (Wildman–Crippen MR) is 50.6 cm³/mol. The van der Waals surface area contributed by atoms with Gasteiger partial charge in [0, 0.05) is 0 Å². The van der Waals surface area contributed by atoms with Crippen LogP contribution in [-0.2, 0) is 0 Å². The lowest BCUT2D eigenvalue weighted by molar-refractivity contribution is 0.706. The summed E-state index contributed by atoms with van der Waals surface area (Å²) in [7, 11) is -0.363. The van der Waals surface area contributed by atoms with Crippen molar-refractivity contribution in [2.75, 3.05) is 0 Å². The Morgan fingerprint density at radius 3 is 1.00 bits per heavy atom. The van der Waals surface area contributed by atoms with Gasteiger partial charge in [0.2, 0.25) is 0 Å². The van der Waals surface area contributed by atoms with E-state index < -0.39 is 0 Å². The molecule has 0 aliphatic rings. The zero-order valence-electron chi connectivity index (χ0n) is 8.02. The van der Waals surface area contributed by atoms with Gasteiger partial charge in [-0.3, -0.25) is 0 Å². The molecule has 62 valence electrons. The van der Waals surface area contributed by atoms with E-state index >= 15 is 0 Å². The summed E-state index contributed by atoms with van der Waals surface area (Å²) in [6.45, 7) is 13.3. The number of hydrogen-bond acceptors (Lipinski definition) is 1. The number of nitrogens with two attached hydrogens (primary N) is 1. The van der Waals surface area contributed by atoms with Crippen molar-refractivity contribution >= 4 is 8.07 Å². The van der Waals surface area contributed by atoms with Gasteiger partial charge in [0.15, 0.2) is 0 Å². The monoisotopic (exact) mass is 161 g/mol. The van der Waals surface area contributed by atoms with Gasteiger partial charge in [-0.2, -0.15) is 0 Å². The van der Waals surface area contributed by atoms with E-state index in [-0.39, 0.29) is 18.4 Å². The Morgan fingerprint density at radius 2 is 1.00 bits per heavy atom. The zero-order valence-corrected chi connectivity index (χ0v) is 8.92. The molecule has 0 heterocycles. The van der Waals surface area contributed by atoms with Crippen LogP contribution in [0, 0.1) is 0 Å². The van der Waals surface area contributed by atoms with Crippen LogP contribution in [0.15, 0.2) is 0 Å². The Balaban J connectivity index is 4.23. The molecule has 0 saturated carbocycles. The average Bonchev–Trinajstić information content (AvgIpc) is 1.59. The summed E-state index contributed by atoms with van der Waals surface area (Å²) in [4.78, 5) is 0. The van der Waals surface area contributed by atoms with E-state index in [0.29, 0.717) is 0 Å². The molecular weight excluding hydrogens is 141 g/mol. The van der Waals surface area contributed by atoms with Crippen molar-refractivity contribution in [1.29, 1.82) is 0 Å². The fourth-order valence-electron chi connectivity index (χ4n) is 1.01. The number of rotatable bonds is 0. The first-order chi connectivity index (χ1) is 4.15. The highest BCUT2D eigenvalue weighted by atomic mass is 31.1. The van der Waals surface area contributed by atoms with E-state index in [1.54, 1.807) is 0 Å². The van der Waals surface area contributed by atoms with Crippen LogP contribution in [0.2, 0.25) is 0 Å². The van der Waals surface area contributed by atoms with Gasteiger partial charge < -0.3 is 5.50 Å². The molecule has 0 aromatic rings. The van der Waals surface area contributed by atoms with E-state index in [1.807, 2.05) is 0 Å². The first-order valence-corrected chi connectivity index (χ1v) is 5.12. The van der Waals surface area contributed by atoms with Gasteiger partial charge in [0.25, 0.3) is 0 Å². The maximum Gasteiger partial charge on any atom is -0.00461 e. The van der Waals surface area contributed by atoms with Crippen LogP contribution >= 0.6 is 8.07 Å². The standard InChI is InChI=1S/C8H20NP/c1-7(2,3)10(9)8(4,5)6/h9H2,1-6H3. The highest BCUT2D eigenvalue weighted by molar-refractivity contribution is 7.58. The molecule has 2 N–H and O–H groups in total. The summed E-state index contributed by atoms with van der Waals surface area (Å²) in [5.41, 5.74) is 6.09.